The van der Waals surface area contributed by atoms with E-state index in [9.17, 15) is 9.90 Å². The Morgan fingerprint density at radius 2 is 2.18 bits per heavy atom. The van der Waals surface area contributed by atoms with Crippen LogP contribution in [0.2, 0.25) is 0 Å². The van der Waals surface area contributed by atoms with Gasteiger partial charge in [0.2, 0.25) is 5.91 Å². The van der Waals surface area contributed by atoms with E-state index in [1.807, 2.05) is 6.92 Å². The predicted molar refractivity (Wildman–Crippen MR) is 67.5 cm³/mol. The van der Waals surface area contributed by atoms with Crippen molar-refractivity contribution in [1.29, 1.82) is 0 Å². The molecule has 3 heteroatoms. The topological polar surface area (TPSA) is 49.3 Å². The van der Waals surface area contributed by atoms with Crippen molar-refractivity contribution in [3.8, 4) is 0 Å². The summed E-state index contributed by atoms with van der Waals surface area (Å²) < 4.78 is 0. The van der Waals surface area contributed by atoms with E-state index in [4.69, 9.17) is 0 Å². The number of hydrogen-bond donors (Lipinski definition) is 2. The molecule has 0 bridgehead atoms. The Bertz CT molecular complexity index is 288. The molecule has 0 spiro atoms. The molecule has 2 fully saturated rings. The van der Waals surface area contributed by atoms with Gasteiger partial charge in [0.05, 0.1) is 12.1 Å². The van der Waals surface area contributed by atoms with E-state index in [1.54, 1.807) is 0 Å². The second kappa shape index (κ2) is 4.97. The third kappa shape index (κ3) is 3.01. The van der Waals surface area contributed by atoms with Crippen LogP contribution in [0.4, 0.5) is 0 Å². The minimum Gasteiger partial charge on any atom is -0.394 e. The Labute approximate surface area is 104 Å². The number of nitrogens with one attached hydrogen (secondary N) is 1. The lowest BCUT2D eigenvalue weighted by Crippen LogP contribution is -2.55. The van der Waals surface area contributed by atoms with Gasteiger partial charge in [-0.2, -0.15) is 0 Å². The van der Waals surface area contributed by atoms with Gasteiger partial charge in [0.15, 0.2) is 0 Å². The van der Waals surface area contributed by atoms with Gasteiger partial charge >= 0.3 is 0 Å². The Kier molecular flexibility index (Phi) is 3.76. The van der Waals surface area contributed by atoms with E-state index in [-0.39, 0.29) is 24.0 Å². The average Bonchev–Trinajstić information content (AvgIpc) is 3.12. The molecule has 0 aliphatic heterocycles. The quantitative estimate of drug-likeness (QED) is 0.789. The van der Waals surface area contributed by atoms with Gasteiger partial charge in [0.25, 0.3) is 0 Å². The molecule has 0 aromatic rings. The summed E-state index contributed by atoms with van der Waals surface area (Å²) in [5, 5.41) is 12.8. The highest BCUT2D eigenvalue weighted by Gasteiger charge is 2.39. The molecule has 2 N–H and O–H groups in total. The fraction of sp³-hybridized carbons (Fsp3) is 0.929. The molecular weight excluding hydrogens is 214 g/mol. The van der Waals surface area contributed by atoms with Gasteiger partial charge in [-0.1, -0.05) is 26.7 Å². The molecule has 0 radical (unpaired) electrons. The third-order valence-electron chi connectivity index (χ3n) is 4.53. The van der Waals surface area contributed by atoms with Crippen molar-refractivity contribution in [3.05, 3.63) is 0 Å². The molecule has 17 heavy (non-hydrogen) atoms. The fourth-order valence-corrected chi connectivity index (χ4v) is 3.14. The van der Waals surface area contributed by atoms with Crippen LogP contribution in [-0.2, 0) is 4.79 Å². The summed E-state index contributed by atoms with van der Waals surface area (Å²) >= 11 is 0. The summed E-state index contributed by atoms with van der Waals surface area (Å²) in [7, 11) is 0. The van der Waals surface area contributed by atoms with Gasteiger partial charge in [0.1, 0.15) is 0 Å². The molecule has 2 rings (SSSR count). The zero-order valence-electron chi connectivity index (χ0n) is 11.0. The van der Waals surface area contributed by atoms with Crippen molar-refractivity contribution in [2.24, 2.45) is 17.8 Å². The Morgan fingerprint density at radius 3 is 2.71 bits per heavy atom. The maximum Gasteiger partial charge on any atom is 0.223 e. The van der Waals surface area contributed by atoms with Crippen LogP contribution in [0, 0.1) is 17.8 Å². The zero-order valence-corrected chi connectivity index (χ0v) is 11.0. The van der Waals surface area contributed by atoms with Crippen LogP contribution in [0.15, 0.2) is 0 Å². The van der Waals surface area contributed by atoms with Crippen LogP contribution < -0.4 is 5.32 Å². The third-order valence-corrected chi connectivity index (χ3v) is 4.53. The van der Waals surface area contributed by atoms with E-state index in [0.29, 0.717) is 11.8 Å². The molecule has 1 amide bonds. The minimum atomic E-state index is -0.335. The van der Waals surface area contributed by atoms with E-state index in [1.165, 1.54) is 19.3 Å². The summed E-state index contributed by atoms with van der Waals surface area (Å²) in [6, 6.07) is 0. The zero-order chi connectivity index (χ0) is 12.5. The SMILES string of the molecule is CC1CCCC(CO)(NC(=O)C(C)C2CC2)C1. The molecule has 0 saturated heterocycles. The van der Waals surface area contributed by atoms with Gasteiger partial charge in [-0.15, -0.1) is 0 Å². The molecule has 98 valence electrons. The van der Waals surface area contributed by atoms with Gasteiger partial charge in [-0.25, -0.2) is 0 Å². The number of aliphatic hydroxyl groups excluding tert-OH is 1. The first-order valence-electron chi connectivity index (χ1n) is 6.99. The maximum absolute atomic E-state index is 12.1. The monoisotopic (exact) mass is 239 g/mol. The molecule has 0 aromatic carbocycles. The number of hydrogen-bond acceptors (Lipinski definition) is 2. The first-order valence-corrected chi connectivity index (χ1v) is 6.99. The highest BCUT2D eigenvalue weighted by atomic mass is 16.3. The molecule has 2 saturated carbocycles. The number of carbonyl (C=O) groups excluding carboxylic acids is 1. The number of amides is 1. The lowest BCUT2D eigenvalue weighted by Gasteiger charge is -2.40. The predicted octanol–water partition coefficient (Wildman–Crippen LogP) is 2.09. The first kappa shape index (κ1) is 12.9. The van der Waals surface area contributed by atoms with Gasteiger partial charge in [0, 0.05) is 5.92 Å². The molecule has 2 aliphatic rings. The molecule has 0 heterocycles. The lowest BCUT2D eigenvalue weighted by atomic mass is 9.76. The van der Waals surface area contributed by atoms with Gasteiger partial charge in [-0.3, -0.25) is 4.79 Å². The standard InChI is InChI=1S/C14H25NO2/c1-10-4-3-7-14(8-10,9-16)15-13(17)11(2)12-5-6-12/h10-12,16H,3-9H2,1-2H3,(H,15,17). The molecule has 3 atom stereocenters. The van der Waals surface area contributed by atoms with Crippen molar-refractivity contribution < 1.29 is 9.90 Å². The van der Waals surface area contributed by atoms with Crippen LogP contribution in [0.25, 0.3) is 0 Å². The van der Waals surface area contributed by atoms with Crippen molar-refractivity contribution in [3.63, 3.8) is 0 Å². The van der Waals surface area contributed by atoms with Crippen LogP contribution in [0.5, 0.6) is 0 Å². The summed E-state index contributed by atoms with van der Waals surface area (Å²) in [5.41, 5.74) is -0.335. The second-order valence-electron chi connectivity index (χ2n) is 6.26. The Hall–Kier alpha value is -0.570. The molecular formula is C14H25NO2. The normalized spacial score (nSPS) is 35.4. The van der Waals surface area contributed by atoms with Crippen molar-refractivity contribution in [2.45, 2.75) is 57.9 Å². The van der Waals surface area contributed by atoms with Crippen molar-refractivity contribution in [2.75, 3.05) is 6.61 Å². The maximum atomic E-state index is 12.1. The highest BCUT2D eigenvalue weighted by Crippen LogP contribution is 2.38. The molecule has 0 aromatic heterocycles. The van der Waals surface area contributed by atoms with Crippen LogP contribution in [-0.4, -0.2) is 23.2 Å². The summed E-state index contributed by atoms with van der Waals surface area (Å²) in [5.74, 6) is 1.46. The smallest absolute Gasteiger partial charge is 0.223 e. The average molecular weight is 239 g/mol. The highest BCUT2D eigenvalue weighted by molar-refractivity contribution is 5.79. The van der Waals surface area contributed by atoms with E-state index < -0.39 is 0 Å². The Morgan fingerprint density at radius 1 is 1.47 bits per heavy atom. The first-order chi connectivity index (χ1) is 8.06. The lowest BCUT2D eigenvalue weighted by molar-refractivity contribution is -0.128. The van der Waals surface area contributed by atoms with Crippen LogP contribution in [0.1, 0.15) is 52.4 Å². The Balaban J connectivity index is 1.95. The van der Waals surface area contributed by atoms with E-state index in [2.05, 4.69) is 12.2 Å². The minimum absolute atomic E-state index is 0.0838. The van der Waals surface area contributed by atoms with Gasteiger partial charge in [-0.05, 0) is 37.5 Å². The van der Waals surface area contributed by atoms with Crippen molar-refractivity contribution >= 4 is 5.91 Å². The van der Waals surface area contributed by atoms with Crippen LogP contribution >= 0.6 is 0 Å². The van der Waals surface area contributed by atoms with E-state index in [0.717, 1.165) is 19.3 Å². The van der Waals surface area contributed by atoms with Crippen molar-refractivity contribution in [1.82, 2.24) is 5.32 Å². The second-order valence-corrected chi connectivity index (χ2v) is 6.26. The van der Waals surface area contributed by atoms with E-state index >= 15 is 0 Å². The number of aliphatic hydroxyl groups is 1. The fourth-order valence-electron chi connectivity index (χ4n) is 3.14. The number of rotatable bonds is 4. The summed E-state index contributed by atoms with van der Waals surface area (Å²) in [4.78, 5) is 12.1. The van der Waals surface area contributed by atoms with Gasteiger partial charge < -0.3 is 10.4 Å². The van der Waals surface area contributed by atoms with Crippen LogP contribution in [0.3, 0.4) is 0 Å². The molecule has 2 aliphatic carbocycles. The molecule has 3 unspecified atom stereocenters. The summed E-state index contributed by atoms with van der Waals surface area (Å²) in [6.07, 6.45) is 6.56. The summed E-state index contributed by atoms with van der Waals surface area (Å²) in [6.45, 7) is 4.31. The largest absolute Gasteiger partial charge is 0.394 e. The number of carbonyl (C=O) groups is 1. The molecule has 3 nitrogen and oxygen atoms in total.